The lowest BCUT2D eigenvalue weighted by Crippen LogP contribution is -1.84. The highest BCUT2D eigenvalue weighted by Crippen LogP contribution is 2.33. The van der Waals surface area contributed by atoms with E-state index in [1.165, 1.54) is 19.2 Å². The van der Waals surface area contributed by atoms with Crippen molar-refractivity contribution < 1.29 is 18.0 Å². The Balaban J connectivity index is 1.95. The molecule has 0 aliphatic rings. The van der Waals surface area contributed by atoms with Gasteiger partial charge in [0.05, 0.1) is 19.2 Å². The molecule has 0 amide bonds. The summed E-state index contributed by atoms with van der Waals surface area (Å²) in [7, 11) is 1.45. The summed E-state index contributed by atoms with van der Waals surface area (Å²) in [5, 5.41) is 0. The molecule has 0 N–H and O–H groups in total. The molecular weight excluding hydrogens is 317 g/mol. The number of aromatic nitrogens is 1. The standard InChI is InChI=1S/C17H14FNO3S/c1-11-19-16(12-5-9-15(10-6-12)23-22-20-2)17(21-11)13-3-7-14(18)8-4-13/h3-10H,1-2H3. The molecule has 0 aliphatic heterocycles. The maximum Gasteiger partial charge on any atom is 0.192 e. The fourth-order valence-electron chi connectivity index (χ4n) is 2.16. The van der Waals surface area contributed by atoms with Gasteiger partial charge in [-0.25, -0.2) is 14.3 Å². The second kappa shape index (κ2) is 6.95. The van der Waals surface area contributed by atoms with E-state index in [-0.39, 0.29) is 5.82 Å². The van der Waals surface area contributed by atoms with Gasteiger partial charge in [-0.2, -0.15) is 4.33 Å². The summed E-state index contributed by atoms with van der Waals surface area (Å²) in [6.07, 6.45) is 0. The molecule has 118 valence electrons. The van der Waals surface area contributed by atoms with Crippen molar-refractivity contribution in [1.82, 2.24) is 4.98 Å². The second-order valence-electron chi connectivity index (χ2n) is 4.76. The zero-order chi connectivity index (χ0) is 16.2. The molecule has 3 rings (SSSR count). The van der Waals surface area contributed by atoms with Crippen LogP contribution in [-0.2, 0) is 9.22 Å². The number of nitrogens with zero attached hydrogens (tertiary/aromatic N) is 1. The molecule has 0 unspecified atom stereocenters. The van der Waals surface area contributed by atoms with Crippen molar-refractivity contribution in [1.29, 1.82) is 0 Å². The number of rotatable bonds is 5. The van der Waals surface area contributed by atoms with Gasteiger partial charge >= 0.3 is 0 Å². The minimum absolute atomic E-state index is 0.286. The van der Waals surface area contributed by atoms with E-state index in [0.717, 1.165) is 33.8 Å². The Labute approximate surface area is 137 Å². The first-order valence-electron chi connectivity index (χ1n) is 6.88. The Morgan fingerprint density at radius 1 is 1.00 bits per heavy atom. The van der Waals surface area contributed by atoms with Crippen molar-refractivity contribution in [3.05, 3.63) is 60.2 Å². The summed E-state index contributed by atoms with van der Waals surface area (Å²) in [5.74, 6) is 0.891. The number of hydrogen-bond donors (Lipinski definition) is 0. The summed E-state index contributed by atoms with van der Waals surface area (Å²) in [4.78, 5) is 9.91. The van der Waals surface area contributed by atoms with Crippen LogP contribution in [0.4, 0.5) is 4.39 Å². The van der Waals surface area contributed by atoms with Gasteiger partial charge in [0, 0.05) is 22.9 Å². The van der Waals surface area contributed by atoms with Crippen LogP contribution in [0.1, 0.15) is 5.89 Å². The zero-order valence-electron chi connectivity index (χ0n) is 12.6. The lowest BCUT2D eigenvalue weighted by atomic mass is 10.1. The molecule has 1 aromatic heterocycles. The highest BCUT2D eigenvalue weighted by atomic mass is 32.2. The predicted molar refractivity (Wildman–Crippen MR) is 86.0 cm³/mol. The molecule has 0 atom stereocenters. The van der Waals surface area contributed by atoms with Gasteiger partial charge in [-0.15, -0.1) is 0 Å². The highest BCUT2D eigenvalue weighted by Gasteiger charge is 2.15. The van der Waals surface area contributed by atoms with Crippen LogP contribution >= 0.6 is 12.0 Å². The van der Waals surface area contributed by atoms with E-state index >= 15 is 0 Å². The van der Waals surface area contributed by atoms with Gasteiger partial charge < -0.3 is 4.42 Å². The molecule has 0 saturated carbocycles. The molecule has 0 spiro atoms. The third-order valence-corrected chi connectivity index (χ3v) is 3.84. The Bertz CT molecular complexity index is 785. The van der Waals surface area contributed by atoms with E-state index in [1.807, 2.05) is 24.3 Å². The normalized spacial score (nSPS) is 10.9. The Morgan fingerprint density at radius 3 is 2.30 bits per heavy atom. The van der Waals surface area contributed by atoms with Crippen molar-refractivity contribution in [2.24, 2.45) is 0 Å². The first-order valence-corrected chi connectivity index (χ1v) is 7.62. The van der Waals surface area contributed by atoms with Crippen molar-refractivity contribution in [3.8, 4) is 22.6 Å². The average Bonchev–Trinajstić information content (AvgIpc) is 2.96. The lowest BCUT2D eigenvalue weighted by molar-refractivity contribution is -0.160. The van der Waals surface area contributed by atoms with Gasteiger partial charge in [-0.05, 0) is 36.4 Å². The molecule has 0 saturated heterocycles. The van der Waals surface area contributed by atoms with Gasteiger partial charge in [0.15, 0.2) is 11.7 Å². The Morgan fingerprint density at radius 2 is 1.65 bits per heavy atom. The minimum Gasteiger partial charge on any atom is -0.440 e. The third-order valence-electron chi connectivity index (χ3n) is 3.17. The molecule has 0 aliphatic carbocycles. The van der Waals surface area contributed by atoms with Crippen molar-refractivity contribution in [2.45, 2.75) is 11.8 Å². The van der Waals surface area contributed by atoms with E-state index < -0.39 is 0 Å². The molecule has 3 aromatic rings. The number of aryl methyl sites for hydroxylation is 1. The van der Waals surface area contributed by atoms with Crippen LogP contribution in [0, 0.1) is 12.7 Å². The Hall–Kier alpha value is -2.15. The fourth-order valence-corrected chi connectivity index (χ4v) is 2.56. The minimum atomic E-state index is -0.286. The van der Waals surface area contributed by atoms with Gasteiger partial charge in [-0.1, -0.05) is 12.1 Å². The average molecular weight is 331 g/mol. The largest absolute Gasteiger partial charge is 0.440 e. The number of benzene rings is 2. The molecule has 0 fully saturated rings. The summed E-state index contributed by atoms with van der Waals surface area (Å²) in [5.41, 5.74) is 2.41. The van der Waals surface area contributed by atoms with Crippen LogP contribution in [0.5, 0.6) is 0 Å². The van der Waals surface area contributed by atoms with Crippen molar-refractivity contribution >= 4 is 12.0 Å². The summed E-state index contributed by atoms with van der Waals surface area (Å²) >= 11 is 1.12. The quantitative estimate of drug-likeness (QED) is 0.372. The summed E-state index contributed by atoms with van der Waals surface area (Å²) in [6, 6.07) is 13.8. The van der Waals surface area contributed by atoms with Crippen LogP contribution in [0.25, 0.3) is 22.6 Å². The number of oxazole rings is 1. The molecule has 4 nitrogen and oxygen atoms in total. The second-order valence-corrected chi connectivity index (χ2v) is 5.53. The van der Waals surface area contributed by atoms with Crippen molar-refractivity contribution in [3.63, 3.8) is 0 Å². The van der Waals surface area contributed by atoms with Crippen LogP contribution in [0.3, 0.4) is 0 Å². The van der Waals surface area contributed by atoms with Crippen molar-refractivity contribution in [2.75, 3.05) is 7.11 Å². The Kier molecular flexibility index (Phi) is 4.76. The van der Waals surface area contributed by atoms with Crippen LogP contribution in [-0.4, -0.2) is 12.1 Å². The first kappa shape index (κ1) is 15.7. The predicted octanol–water partition coefficient (Wildman–Crippen LogP) is 5.04. The maximum absolute atomic E-state index is 13.1. The molecular formula is C17H14FNO3S. The topological polar surface area (TPSA) is 44.5 Å². The van der Waals surface area contributed by atoms with E-state index in [9.17, 15) is 4.39 Å². The van der Waals surface area contributed by atoms with Crippen LogP contribution in [0.2, 0.25) is 0 Å². The molecule has 6 heteroatoms. The monoisotopic (exact) mass is 331 g/mol. The fraction of sp³-hybridized carbons (Fsp3) is 0.118. The summed E-state index contributed by atoms with van der Waals surface area (Å²) < 4.78 is 23.6. The van der Waals surface area contributed by atoms with Crippen LogP contribution in [0.15, 0.2) is 57.8 Å². The highest BCUT2D eigenvalue weighted by molar-refractivity contribution is 7.94. The van der Waals surface area contributed by atoms with Gasteiger partial charge in [0.1, 0.15) is 11.5 Å². The van der Waals surface area contributed by atoms with Gasteiger partial charge in [0.25, 0.3) is 0 Å². The smallest absolute Gasteiger partial charge is 0.192 e. The molecule has 0 bridgehead atoms. The van der Waals surface area contributed by atoms with Gasteiger partial charge in [-0.3, -0.25) is 0 Å². The maximum atomic E-state index is 13.1. The number of hydrogen-bond acceptors (Lipinski definition) is 5. The molecule has 1 heterocycles. The van der Waals surface area contributed by atoms with E-state index in [0.29, 0.717) is 11.7 Å². The molecule has 0 radical (unpaired) electrons. The van der Waals surface area contributed by atoms with Gasteiger partial charge in [0.2, 0.25) is 0 Å². The number of halogens is 1. The molecule has 23 heavy (non-hydrogen) atoms. The molecule has 2 aromatic carbocycles. The summed E-state index contributed by atoms with van der Waals surface area (Å²) in [6.45, 7) is 1.78. The lowest BCUT2D eigenvalue weighted by Gasteiger charge is -2.03. The van der Waals surface area contributed by atoms with E-state index in [1.54, 1.807) is 19.1 Å². The first-order chi connectivity index (χ1) is 11.2. The SMILES string of the molecule is COOSc1ccc(-c2nc(C)oc2-c2ccc(F)cc2)cc1. The van der Waals surface area contributed by atoms with Crippen LogP contribution < -0.4 is 0 Å². The zero-order valence-corrected chi connectivity index (χ0v) is 13.4. The third kappa shape index (κ3) is 3.61. The van der Waals surface area contributed by atoms with E-state index in [4.69, 9.17) is 8.75 Å². The van der Waals surface area contributed by atoms with E-state index in [2.05, 4.69) is 9.87 Å².